The number of halogens is 1. The van der Waals surface area contributed by atoms with Crippen LogP contribution in [-0.2, 0) is 0 Å². The SMILES string of the molecule is CCC1CN(c2cc(F)ccc2[N+](=O)[O-])C(CC)CN1. The molecule has 2 rings (SSSR count). The molecule has 1 heterocycles. The zero-order chi connectivity index (χ0) is 14.7. The van der Waals surface area contributed by atoms with E-state index in [2.05, 4.69) is 12.2 Å². The molecule has 0 aliphatic carbocycles. The summed E-state index contributed by atoms with van der Waals surface area (Å²) in [7, 11) is 0. The third-order valence-electron chi connectivity index (χ3n) is 3.91. The van der Waals surface area contributed by atoms with Crippen LogP contribution in [0.5, 0.6) is 0 Å². The average Bonchev–Trinajstić information content (AvgIpc) is 2.46. The molecule has 0 radical (unpaired) electrons. The van der Waals surface area contributed by atoms with Gasteiger partial charge < -0.3 is 10.2 Å². The lowest BCUT2D eigenvalue weighted by Gasteiger charge is -2.41. The summed E-state index contributed by atoms with van der Waals surface area (Å²) in [6, 6.07) is 4.10. The number of piperazine rings is 1. The maximum Gasteiger partial charge on any atom is 0.292 e. The molecule has 6 heteroatoms. The first-order valence-corrected chi connectivity index (χ1v) is 7.00. The predicted molar refractivity (Wildman–Crippen MR) is 76.6 cm³/mol. The fraction of sp³-hybridized carbons (Fsp3) is 0.571. The molecule has 0 aromatic heterocycles. The minimum absolute atomic E-state index is 0.0263. The normalized spacial score (nSPS) is 22.9. The monoisotopic (exact) mass is 281 g/mol. The van der Waals surface area contributed by atoms with Gasteiger partial charge in [0, 0.05) is 37.3 Å². The van der Waals surface area contributed by atoms with Crippen LogP contribution in [0.1, 0.15) is 26.7 Å². The van der Waals surface area contributed by atoms with Crippen molar-refractivity contribution < 1.29 is 9.31 Å². The van der Waals surface area contributed by atoms with Crippen molar-refractivity contribution in [2.45, 2.75) is 38.8 Å². The minimum Gasteiger partial charge on any atom is -0.360 e. The van der Waals surface area contributed by atoms with Crippen molar-refractivity contribution in [1.29, 1.82) is 0 Å². The van der Waals surface area contributed by atoms with Crippen molar-refractivity contribution >= 4 is 11.4 Å². The second kappa shape index (κ2) is 6.17. The average molecular weight is 281 g/mol. The first kappa shape index (κ1) is 14.7. The number of nitrogens with zero attached hydrogens (tertiary/aromatic N) is 2. The van der Waals surface area contributed by atoms with Crippen LogP contribution < -0.4 is 10.2 Å². The molecule has 0 amide bonds. The smallest absolute Gasteiger partial charge is 0.292 e. The van der Waals surface area contributed by atoms with E-state index in [0.29, 0.717) is 12.2 Å². The second-order valence-corrected chi connectivity index (χ2v) is 5.12. The molecule has 1 N–H and O–H groups in total. The molecule has 0 spiro atoms. The van der Waals surface area contributed by atoms with Crippen LogP contribution in [0.25, 0.3) is 0 Å². The number of nitro benzene ring substituents is 1. The molecule has 0 saturated carbocycles. The van der Waals surface area contributed by atoms with Crippen LogP contribution in [0.4, 0.5) is 15.8 Å². The molecule has 1 aliphatic heterocycles. The summed E-state index contributed by atoms with van der Waals surface area (Å²) in [5.41, 5.74) is 0.364. The number of hydrogen-bond acceptors (Lipinski definition) is 4. The molecule has 110 valence electrons. The van der Waals surface area contributed by atoms with Gasteiger partial charge in [0.2, 0.25) is 0 Å². The second-order valence-electron chi connectivity index (χ2n) is 5.12. The maximum absolute atomic E-state index is 13.5. The fourth-order valence-corrected chi connectivity index (χ4v) is 2.68. The Morgan fingerprint density at radius 3 is 2.80 bits per heavy atom. The fourth-order valence-electron chi connectivity index (χ4n) is 2.68. The molecule has 1 aromatic carbocycles. The molecular weight excluding hydrogens is 261 g/mol. The van der Waals surface area contributed by atoms with Crippen LogP contribution >= 0.6 is 0 Å². The van der Waals surface area contributed by atoms with Crippen LogP contribution in [0.3, 0.4) is 0 Å². The lowest BCUT2D eigenvalue weighted by atomic mass is 10.0. The van der Waals surface area contributed by atoms with Crippen LogP contribution in [0.15, 0.2) is 18.2 Å². The van der Waals surface area contributed by atoms with Crippen molar-refractivity contribution in [3.63, 3.8) is 0 Å². The van der Waals surface area contributed by atoms with Gasteiger partial charge in [-0.05, 0) is 18.9 Å². The van der Waals surface area contributed by atoms with E-state index in [0.717, 1.165) is 25.5 Å². The maximum atomic E-state index is 13.5. The molecule has 5 nitrogen and oxygen atoms in total. The molecule has 2 unspecified atom stereocenters. The number of rotatable bonds is 4. The summed E-state index contributed by atoms with van der Waals surface area (Å²) in [5, 5.41) is 14.6. The van der Waals surface area contributed by atoms with Crippen LogP contribution in [0.2, 0.25) is 0 Å². The third kappa shape index (κ3) is 2.90. The number of anilines is 1. The third-order valence-corrected chi connectivity index (χ3v) is 3.91. The molecule has 0 bridgehead atoms. The first-order valence-electron chi connectivity index (χ1n) is 7.00. The van der Waals surface area contributed by atoms with Gasteiger partial charge in [0.05, 0.1) is 4.92 Å². The zero-order valence-corrected chi connectivity index (χ0v) is 11.8. The Morgan fingerprint density at radius 2 is 2.20 bits per heavy atom. The molecular formula is C14H20FN3O2. The van der Waals surface area contributed by atoms with Gasteiger partial charge in [-0.1, -0.05) is 13.8 Å². The van der Waals surface area contributed by atoms with Crippen molar-refractivity contribution in [3.05, 3.63) is 34.1 Å². The van der Waals surface area contributed by atoms with Crippen molar-refractivity contribution in [3.8, 4) is 0 Å². The Bertz CT molecular complexity index is 495. The van der Waals surface area contributed by atoms with E-state index < -0.39 is 10.7 Å². The highest BCUT2D eigenvalue weighted by molar-refractivity contribution is 5.64. The Morgan fingerprint density at radius 1 is 1.45 bits per heavy atom. The highest BCUT2D eigenvalue weighted by Gasteiger charge is 2.30. The summed E-state index contributed by atoms with van der Waals surface area (Å²) in [6.07, 6.45) is 1.80. The van der Waals surface area contributed by atoms with E-state index in [4.69, 9.17) is 0 Å². The van der Waals surface area contributed by atoms with Crippen molar-refractivity contribution in [1.82, 2.24) is 5.32 Å². The van der Waals surface area contributed by atoms with Gasteiger partial charge in [-0.3, -0.25) is 10.1 Å². The minimum atomic E-state index is -0.440. The van der Waals surface area contributed by atoms with Gasteiger partial charge in [-0.15, -0.1) is 0 Å². The van der Waals surface area contributed by atoms with E-state index in [9.17, 15) is 14.5 Å². The van der Waals surface area contributed by atoms with E-state index in [-0.39, 0.29) is 17.8 Å². The summed E-state index contributed by atoms with van der Waals surface area (Å²) in [4.78, 5) is 12.7. The molecule has 1 saturated heterocycles. The molecule has 1 aromatic rings. The van der Waals surface area contributed by atoms with Gasteiger partial charge in [-0.25, -0.2) is 4.39 Å². The molecule has 1 aliphatic rings. The van der Waals surface area contributed by atoms with Gasteiger partial charge >= 0.3 is 0 Å². The van der Waals surface area contributed by atoms with Crippen LogP contribution in [0, 0.1) is 15.9 Å². The van der Waals surface area contributed by atoms with Crippen molar-refractivity contribution in [2.24, 2.45) is 0 Å². The standard InChI is InChI=1S/C14H20FN3O2/c1-3-11-9-17(12(4-2)8-16-11)14-7-10(15)5-6-13(14)18(19)20/h5-7,11-12,16H,3-4,8-9H2,1-2H3. The van der Waals surface area contributed by atoms with E-state index in [1.54, 1.807) is 0 Å². The van der Waals surface area contributed by atoms with E-state index in [1.807, 2.05) is 11.8 Å². The summed E-state index contributed by atoms with van der Waals surface area (Å²) in [5.74, 6) is -0.438. The Labute approximate surface area is 117 Å². The van der Waals surface area contributed by atoms with Gasteiger partial charge in [0.1, 0.15) is 11.5 Å². The van der Waals surface area contributed by atoms with Crippen molar-refractivity contribution in [2.75, 3.05) is 18.0 Å². The van der Waals surface area contributed by atoms with E-state index in [1.165, 1.54) is 12.1 Å². The molecule has 2 atom stereocenters. The lowest BCUT2D eigenvalue weighted by molar-refractivity contribution is -0.384. The summed E-state index contributed by atoms with van der Waals surface area (Å²) < 4.78 is 13.5. The predicted octanol–water partition coefficient (Wildman–Crippen LogP) is 2.70. The highest BCUT2D eigenvalue weighted by Crippen LogP contribution is 2.32. The molecule has 1 fully saturated rings. The zero-order valence-electron chi connectivity index (χ0n) is 11.8. The Kier molecular flexibility index (Phi) is 4.54. The quantitative estimate of drug-likeness (QED) is 0.681. The Hall–Kier alpha value is -1.69. The van der Waals surface area contributed by atoms with Crippen LogP contribution in [-0.4, -0.2) is 30.1 Å². The first-order chi connectivity index (χ1) is 9.56. The van der Waals surface area contributed by atoms with Gasteiger partial charge in [-0.2, -0.15) is 0 Å². The van der Waals surface area contributed by atoms with Gasteiger partial charge in [0.15, 0.2) is 0 Å². The number of benzene rings is 1. The van der Waals surface area contributed by atoms with E-state index >= 15 is 0 Å². The lowest BCUT2D eigenvalue weighted by Crippen LogP contribution is -2.56. The molecule has 20 heavy (non-hydrogen) atoms. The summed E-state index contributed by atoms with van der Waals surface area (Å²) >= 11 is 0. The highest BCUT2D eigenvalue weighted by atomic mass is 19.1. The number of nitro groups is 1. The van der Waals surface area contributed by atoms with Gasteiger partial charge in [0.25, 0.3) is 5.69 Å². The topological polar surface area (TPSA) is 58.4 Å². The number of nitrogens with one attached hydrogen (secondary N) is 1. The number of hydrogen-bond donors (Lipinski definition) is 1. The largest absolute Gasteiger partial charge is 0.360 e. The Balaban J connectivity index is 2.40. The summed E-state index contributed by atoms with van der Waals surface area (Å²) in [6.45, 7) is 5.54.